The second-order valence-corrected chi connectivity index (χ2v) is 18.2. The fraction of sp³-hybridized carbons (Fsp3) is 0.658. The minimum Gasteiger partial charge on any atom is -0.446 e. The molecule has 1 aromatic rings. The van der Waals surface area contributed by atoms with E-state index >= 15 is 0 Å². The lowest BCUT2D eigenvalue weighted by Crippen LogP contribution is -2.60. The van der Waals surface area contributed by atoms with Crippen LogP contribution >= 0.6 is 0 Å². The minimum atomic E-state index is -3.88. The third kappa shape index (κ3) is 8.47. The minimum absolute atomic E-state index is 0.000762. The SMILES string of the molecule is C=C[C@@H]1C[C@@]1(NC(=O)[C@@H]1C[C@@H](O/N=C(/c2ccccc2)C2CCCC2)CN1C(=O)[C@@H](NC(=O)OC1CCCC1)C(C)(C)C)C(=O)NS(=O)(=O)C1CC1. The number of hydrogen-bond acceptors (Lipinski definition) is 9. The Hall–Kier alpha value is -3.94. The lowest BCUT2D eigenvalue weighted by Gasteiger charge is -2.35. The van der Waals surface area contributed by atoms with Crippen LogP contribution in [0.2, 0.25) is 0 Å². The Morgan fingerprint density at radius 3 is 2.23 bits per heavy atom. The maximum atomic E-state index is 14.5. The Labute approximate surface area is 306 Å². The van der Waals surface area contributed by atoms with E-state index in [1.165, 1.54) is 11.0 Å². The smallest absolute Gasteiger partial charge is 0.408 e. The molecule has 1 aliphatic heterocycles. The van der Waals surface area contributed by atoms with E-state index in [0.29, 0.717) is 12.8 Å². The third-order valence-electron chi connectivity index (χ3n) is 11.2. The maximum Gasteiger partial charge on any atom is 0.408 e. The van der Waals surface area contributed by atoms with Gasteiger partial charge in [0.05, 0.1) is 17.5 Å². The molecule has 4 saturated carbocycles. The summed E-state index contributed by atoms with van der Waals surface area (Å²) in [5, 5.41) is 9.64. The van der Waals surface area contributed by atoms with Gasteiger partial charge in [-0.1, -0.05) is 75.2 Å². The molecule has 0 spiro atoms. The summed E-state index contributed by atoms with van der Waals surface area (Å²) in [5.41, 5.74) is -0.518. The molecule has 4 aliphatic carbocycles. The number of nitrogens with one attached hydrogen (secondary N) is 3. The molecule has 5 aliphatic rings. The number of hydrogen-bond donors (Lipinski definition) is 3. The molecule has 6 rings (SSSR count). The maximum absolute atomic E-state index is 14.5. The lowest BCUT2D eigenvalue weighted by molar-refractivity contribution is -0.143. The molecule has 0 aromatic heterocycles. The molecule has 1 heterocycles. The molecule has 284 valence electrons. The van der Waals surface area contributed by atoms with Crippen molar-refractivity contribution in [3.05, 3.63) is 48.6 Å². The number of oxime groups is 1. The van der Waals surface area contributed by atoms with Gasteiger partial charge in [0.1, 0.15) is 29.8 Å². The summed E-state index contributed by atoms with van der Waals surface area (Å²) < 4.78 is 33.2. The van der Waals surface area contributed by atoms with Crippen LogP contribution in [0.25, 0.3) is 0 Å². The third-order valence-corrected chi connectivity index (χ3v) is 13.0. The summed E-state index contributed by atoms with van der Waals surface area (Å²) >= 11 is 0. The summed E-state index contributed by atoms with van der Waals surface area (Å²) in [5.74, 6) is -2.24. The van der Waals surface area contributed by atoms with Gasteiger partial charge >= 0.3 is 6.09 Å². The molecule has 13 nitrogen and oxygen atoms in total. The number of carbonyl (C=O) groups excluding carboxylic acids is 4. The van der Waals surface area contributed by atoms with Gasteiger partial charge < -0.3 is 25.1 Å². The fourth-order valence-electron chi connectivity index (χ4n) is 7.81. The number of likely N-dealkylation sites (tertiary alicyclic amines) is 1. The molecule has 1 saturated heterocycles. The average Bonchev–Trinajstić information content (AvgIpc) is 3.85. The molecule has 4 amide bonds. The monoisotopic (exact) mass is 739 g/mol. The number of carbonyl (C=O) groups is 4. The van der Waals surface area contributed by atoms with Gasteiger partial charge in [0.2, 0.25) is 21.8 Å². The van der Waals surface area contributed by atoms with Gasteiger partial charge in [0.15, 0.2) is 0 Å². The highest BCUT2D eigenvalue weighted by Crippen LogP contribution is 2.45. The van der Waals surface area contributed by atoms with Crippen LogP contribution in [-0.4, -0.2) is 84.5 Å². The number of amides is 4. The van der Waals surface area contributed by atoms with Gasteiger partial charge in [-0.25, -0.2) is 13.2 Å². The Kier molecular flexibility index (Phi) is 11.0. The van der Waals surface area contributed by atoms with Crippen LogP contribution in [0.5, 0.6) is 0 Å². The molecular weight excluding hydrogens is 687 g/mol. The first-order chi connectivity index (χ1) is 24.7. The predicted octanol–water partition coefficient (Wildman–Crippen LogP) is 4.32. The highest BCUT2D eigenvalue weighted by atomic mass is 32.2. The van der Waals surface area contributed by atoms with E-state index in [4.69, 9.17) is 9.57 Å². The second-order valence-electron chi connectivity index (χ2n) is 16.2. The summed E-state index contributed by atoms with van der Waals surface area (Å²) in [6.45, 7) is 9.25. The molecule has 5 fully saturated rings. The van der Waals surface area contributed by atoms with E-state index in [9.17, 15) is 27.6 Å². The molecule has 5 atom stereocenters. The molecule has 1 aromatic carbocycles. The van der Waals surface area contributed by atoms with Crippen molar-refractivity contribution in [2.75, 3.05) is 6.54 Å². The molecule has 0 unspecified atom stereocenters. The molecule has 52 heavy (non-hydrogen) atoms. The van der Waals surface area contributed by atoms with E-state index in [1.807, 2.05) is 51.1 Å². The van der Waals surface area contributed by atoms with E-state index in [1.54, 1.807) is 0 Å². The normalized spacial score (nSPS) is 27.5. The quantitative estimate of drug-likeness (QED) is 0.153. The van der Waals surface area contributed by atoms with Gasteiger partial charge in [0.25, 0.3) is 5.91 Å². The Balaban J connectivity index is 1.25. The van der Waals surface area contributed by atoms with Crippen LogP contribution in [0, 0.1) is 17.3 Å². The molecule has 0 radical (unpaired) electrons. The zero-order valence-electron chi connectivity index (χ0n) is 30.5. The highest BCUT2D eigenvalue weighted by Gasteiger charge is 2.62. The van der Waals surface area contributed by atoms with Gasteiger partial charge in [-0.2, -0.15) is 0 Å². The first kappa shape index (κ1) is 37.8. The second kappa shape index (κ2) is 15.2. The van der Waals surface area contributed by atoms with Gasteiger partial charge in [-0.05, 0) is 68.8 Å². The van der Waals surface area contributed by atoms with E-state index in [2.05, 4.69) is 27.1 Å². The summed E-state index contributed by atoms with van der Waals surface area (Å²) in [7, 11) is -3.88. The van der Waals surface area contributed by atoms with Crippen molar-refractivity contribution in [1.29, 1.82) is 0 Å². The Morgan fingerprint density at radius 1 is 0.981 bits per heavy atom. The van der Waals surface area contributed by atoms with Crippen LogP contribution in [0.1, 0.15) is 103 Å². The van der Waals surface area contributed by atoms with E-state index in [0.717, 1.165) is 62.6 Å². The van der Waals surface area contributed by atoms with Crippen molar-refractivity contribution in [3.63, 3.8) is 0 Å². The van der Waals surface area contributed by atoms with Crippen LogP contribution < -0.4 is 15.4 Å². The number of sulfonamides is 1. The first-order valence-corrected chi connectivity index (χ1v) is 20.3. The summed E-state index contributed by atoms with van der Waals surface area (Å²) in [6, 6.07) is 7.66. The Bertz CT molecular complexity index is 1660. The standard InChI is InChI=1S/C38H53N5O8S/c1-5-26-22-38(26,35(46)42-52(48,49)29-19-20-29)40-33(44)30-21-28(51-41-31(25-15-9-10-16-25)24-13-7-6-8-14-24)23-43(30)34(45)32(37(2,3)4)39-36(47)50-27-17-11-12-18-27/h5-8,13-14,25-30,32H,1,9-12,15-23H2,2-4H3,(H,39,47)(H,40,44)(H,42,46)/b41-31-/t26-,28-,30+,32-,38+/m1/s1. The van der Waals surface area contributed by atoms with Crippen LogP contribution in [-0.2, 0) is 34.0 Å². The topological polar surface area (TPSA) is 173 Å². The fourth-order valence-corrected chi connectivity index (χ4v) is 9.18. The predicted molar refractivity (Wildman–Crippen MR) is 194 cm³/mol. The first-order valence-electron chi connectivity index (χ1n) is 18.8. The van der Waals surface area contributed by atoms with Crippen molar-refractivity contribution in [1.82, 2.24) is 20.3 Å². The van der Waals surface area contributed by atoms with E-state index < -0.39 is 74.1 Å². The number of ether oxygens (including phenoxy) is 1. The zero-order valence-corrected chi connectivity index (χ0v) is 31.3. The van der Waals surface area contributed by atoms with Crippen LogP contribution in [0.15, 0.2) is 48.1 Å². The molecule has 14 heteroatoms. The Morgan fingerprint density at radius 2 is 1.63 bits per heavy atom. The molecule has 3 N–H and O–H groups in total. The van der Waals surface area contributed by atoms with E-state index in [-0.39, 0.29) is 31.4 Å². The number of alkyl carbamates (subject to hydrolysis) is 1. The summed E-state index contributed by atoms with van der Waals surface area (Å²) in [4.78, 5) is 62.9. The van der Waals surface area contributed by atoms with Crippen molar-refractivity contribution in [3.8, 4) is 0 Å². The van der Waals surface area contributed by atoms with Crippen molar-refractivity contribution in [2.45, 2.75) is 133 Å². The van der Waals surface area contributed by atoms with Crippen LogP contribution in [0.3, 0.4) is 0 Å². The molecule has 0 bridgehead atoms. The largest absolute Gasteiger partial charge is 0.446 e. The molecular formula is C38H53N5O8S. The van der Waals surface area contributed by atoms with Gasteiger partial charge in [0, 0.05) is 18.3 Å². The van der Waals surface area contributed by atoms with Gasteiger partial charge in [-0.15, -0.1) is 6.58 Å². The lowest BCUT2D eigenvalue weighted by atomic mass is 9.85. The van der Waals surface area contributed by atoms with Crippen molar-refractivity contribution >= 4 is 39.5 Å². The van der Waals surface area contributed by atoms with Crippen molar-refractivity contribution in [2.24, 2.45) is 22.4 Å². The van der Waals surface area contributed by atoms with Crippen LogP contribution in [0.4, 0.5) is 4.79 Å². The zero-order chi connectivity index (χ0) is 37.3. The van der Waals surface area contributed by atoms with Crippen molar-refractivity contribution < 1.29 is 37.2 Å². The van der Waals surface area contributed by atoms with Gasteiger partial charge in [-0.3, -0.25) is 19.1 Å². The number of benzene rings is 1. The summed E-state index contributed by atoms with van der Waals surface area (Å²) in [6.07, 6.45) is 8.75. The number of rotatable bonds is 13. The highest BCUT2D eigenvalue weighted by molar-refractivity contribution is 7.91. The number of nitrogens with zero attached hydrogens (tertiary/aromatic N) is 2. The average molecular weight is 740 g/mol.